The third kappa shape index (κ3) is 2.98. The number of nitrogens with zero attached hydrogens (tertiary/aromatic N) is 3. The summed E-state index contributed by atoms with van der Waals surface area (Å²) in [6.45, 7) is 1.83. The monoisotopic (exact) mass is 277 g/mol. The van der Waals surface area contributed by atoms with Gasteiger partial charge in [0, 0.05) is 17.8 Å². The summed E-state index contributed by atoms with van der Waals surface area (Å²) >= 11 is 1.21. The third-order valence-electron chi connectivity index (χ3n) is 2.32. The Labute approximate surface area is 113 Å². The first-order valence-corrected chi connectivity index (χ1v) is 6.15. The molecular weight excluding hydrogens is 266 g/mol. The first-order chi connectivity index (χ1) is 9.11. The molecule has 2 aromatic rings. The zero-order valence-electron chi connectivity index (χ0n) is 10.0. The second-order valence-electron chi connectivity index (χ2n) is 3.65. The molecule has 0 fully saturated rings. The van der Waals surface area contributed by atoms with E-state index in [1.54, 1.807) is 24.4 Å². The first-order valence-electron chi connectivity index (χ1n) is 5.33. The second-order valence-corrected chi connectivity index (χ2v) is 4.68. The minimum Gasteiger partial charge on any atom is -0.292 e. The third-order valence-corrected chi connectivity index (χ3v) is 3.49. The molecule has 0 atom stereocenters. The standard InChI is InChI=1S/C11H11N5O2S/c1-7-6-13-11(15-12)14-10(7)19-9-5-3-2-4-8(9)16(17)18/h2-6H,12H2,1H3,(H,13,14,15). The van der Waals surface area contributed by atoms with E-state index in [0.717, 1.165) is 5.56 Å². The van der Waals surface area contributed by atoms with Crippen LogP contribution in [0.1, 0.15) is 5.56 Å². The Morgan fingerprint density at radius 3 is 2.84 bits per heavy atom. The first kappa shape index (κ1) is 13.2. The van der Waals surface area contributed by atoms with Crippen molar-refractivity contribution in [1.29, 1.82) is 0 Å². The van der Waals surface area contributed by atoms with Crippen LogP contribution in [-0.4, -0.2) is 14.9 Å². The molecule has 98 valence electrons. The lowest BCUT2D eigenvalue weighted by Crippen LogP contribution is -2.10. The summed E-state index contributed by atoms with van der Waals surface area (Å²) in [5, 5.41) is 11.6. The van der Waals surface area contributed by atoms with Crippen molar-refractivity contribution in [2.24, 2.45) is 5.84 Å². The van der Waals surface area contributed by atoms with Gasteiger partial charge in [0.1, 0.15) is 5.03 Å². The molecule has 0 aliphatic heterocycles. The van der Waals surface area contributed by atoms with Crippen LogP contribution >= 0.6 is 11.8 Å². The molecule has 0 amide bonds. The Bertz CT molecular complexity index is 620. The molecule has 1 aromatic carbocycles. The van der Waals surface area contributed by atoms with Crippen molar-refractivity contribution in [3.8, 4) is 0 Å². The SMILES string of the molecule is Cc1cnc(NN)nc1Sc1ccccc1[N+](=O)[O-]. The Kier molecular flexibility index (Phi) is 3.93. The number of para-hydroxylation sites is 1. The van der Waals surface area contributed by atoms with Crippen LogP contribution in [0, 0.1) is 17.0 Å². The lowest BCUT2D eigenvalue weighted by Gasteiger charge is -2.06. The maximum Gasteiger partial charge on any atom is 0.283 e. The number of hydrogen-bond acceptors (Lipinski definition) is 7. The number of nitrogens with one attached hydrogen (secondary N) is 1. The molecule has 0 bridgehead atoms. The van der Waals surface area contributed by atoms with Crippen molar-refractivity contribution in [2.45, 2.75) is 16.8 Å². The average Bonchev–Trinajstić information content (AvgIpc) is 2.41. The fourth-order valence-electron chi connectivity index (χ4n) is 1.40. The highest BCUT2D eigenvalue weighted by atomic mass is 32.2. The van der Waals surface area contributed by atoms with Gasteiger partial charge in [-0.15, -0.1) is 0 Å². The number of benzene rings is 1. The van der Waals surface area contributed by atoms with Crippen LogP contribution in [0.3, 0.4) is 0 Å². The number of aromatic nitrogens is 2. The van der Waals surface area contributed by atoms with E-state index in [0.29, 0.717) is 9.92 Å². The minimum absolute atomic E-state index is 0.0489. The van der Waals surface area contributed by atoms with Gasteiger partial charge in [-0.05, 0) is 13.0 Å². The molecular formula is C11H11N5O2S. The topological polar surface area (TPSA) is 107 Å². The van der Waals surface area contributed by atoms with Crippen molar-refractivity contribution in [3.05, 3.63) is 46.1 Å². The van der Waals surface area contributed by atoms with Crippen LogP contribution < -0.4 is 11.3 Å². The molecule has 0 saturated carbocycles. The fraction of sp³-hybridized carbons (Fsp3) is 0.0909. The molecule has 8 heteroatoms. The van der Waals surface area contributed by atoms with Crippen LogP contribution in [-0.2, 0) is 0 Å². The predicted octanol–water partition coefficient (Wildman–Crippen LogP) is 2.13. The molecule has 19 heavy (non-hydrogen) atoms. The van der Waals surface area contributed by atoms with E-state index in [-0.39, 0.29) is 11.6 Å². The molecule has 7 nitrogen and oxygen atoms in total. The van der Waals surface area contributed by atoms with Gasteiger partial charge in [-0.25, -0.2) is 15.8 Å². The highest BCUT2D eigenvalue weighted by Gasteiger charge is 2.15. The smallest absolute Gasteiger partial charge is 0.283 e. The summed E-state index contributed by atoms with van der Waals surface area (Å²) in [5.74, 6) is 5.52. The molecule has 2 rings (SSSR count). The van der Waals surface area contributed by atoms with Crippen molar-refractivity contribution < 1.29 is 4.92 Å². The summed E-state index contributed by atoms with van der Waals surface area (Å²) in [6, 6.07) is 6.51. The largest absolute Gasteiger partial charge is 0.292 e. The van der Waals surface area contributed by atoms with Gasteiger partial charge >= 0.3 is 0 Å². The van der Waals surface area contributed by atoms with E-state index in [9.17, 15) is 10.1 Å². The number of hydrazine groups is 1. The van der Waals surface area contributed by atoms with Crippen molar-refractivity contribution in [2.75, 3.05) is 5.43 Å². The van der Waals surface area contributed by atoms with Crippen LogP contribution in [0.2, 0.25) is 0 Å². The van der Waals surface area contributed by atoms with Gasteiger partial charge in [0.2, 0.25) is 5.95 Å². The Balaban J connectivity index is 2.38. The molecule has 1 heterocycles. The van der Waals surface area contributed by atoms with E-state index in [2.05, 4.69) is 15.4 Å². The lowest BCUT2D eigenvalue weighted by molar-refractivity contribution is -0.387. The van der Waals surface area contributed by atoms with Crippen LogP contribution in [0.15, 0.2) is 40.4 Å². The highest BCUT2D eigenvalue weighted by Crippen LogP contribution is 2.34. The summed E-state index contributed by atoms with van der Waals surface area (Å²) in [6.07, 6.45) is 1.61. The van der Waals surface area contributed by atoms with Crippen LogP contribution in [0.5, 0.6) is 0 Å². The van der Waals surface area contributed by atoms with Gasteiger partial charge in [-0.1, -0.05) is 23.9 Å². The van der Waals surface area contributed by atoms with E-state index in [4.69, 9.17) is 5.84 Å². The van der Waals surface area contributed by atoms with E-state index < -0.39 is 4.92 Å². The summed E-state index contributed by atoms with van der Waals surface area (Å²) < 4.78 is 0. The van der Waals surface area contributed by atoms with Gasteiger partial charge in [0.05, 0.1) is 9.82 Å². The van der Waals surface area contributed by atoms with Crippen molar-refractivity contribution in [1.82, 2.24) is 9.97 Å². The number of aryl methyl sites for hydroxylation is 1. The van der Waals surface area contributed by atoms with E-state index in [1.165, 1.54) is 17.8 Å². The maximum atomic E-state index is 10.9. The van der Waals surface area contributed by atoms with E-state index >= 15 is 0 Å². The van der Waals surface area contributed by atoms with Gasteiger partial charge < -0.3 is 0 Å². The number of hydrogen-bond donors (Lipinski definition) is 2. The predicted molar refractivity (Wildman–Crippen MR) is 71.8 cm³/mol. The summed E-state index contributed by atoms with van der Waals surface area (Å²) in [4.78, 5) is 19.2. The van der Waals surface area contributed by atoms with Gasteiger partial charge in [-0.3, -0.25) is 15.5 Å². The number of anilines is 1. The molecule has 0 aliphatic carbocycles. The average molecular weight is 277 g/mol. The van der Waals surface area contributed by atoms with Gasteiger partial charge in [-0.2, -0.15) is 0 Å². The van der Waals surface area contributed by atoms with Gasteiger partial charge in [0.25, 0.3) is 5.69 Å². The molecule has 0 radical (unpaired) electrons. The number of nitro groups is 1. The van der Waals surface area contributed by atoms with Crippen LogP contribution in [0.4, 0.5) is 11.6 Å². The second kappa shape index (κ2) is 5.63. The maximum absolute atomic E-state index is 10.9. The zero-order chi connectivity index (χ0) is 13.8. The molecule has 0 saturated heterocycles. The summed E-state index contributed by atoms with van der Waals surface area (Å²) in [5.41, 5.74) is 3.22. The highest BCUT2D eigenvalue weighted by molar-refractivity contribution is 7.99. The Morgan fingerprint density at radius 1 is 1.42 bits per heavy atom. The number of nitrogens with two attached hydrogens (primary N) is 1. The molecule has 0 unspecified atom stereocenters. The number of nitrogen functional groups attached to an aromatic ring is 1. The van der Waals surface area contributed by atoms with Gasteiger partial charge in [0.15, 0.2) is 0 Å². The fourth-order valence-corrected chi connectivity index (χ4v) is 2.35. The molecule has 0 spiro atoms. The van der Waals surface area contributed by atoms with E-state index in [1.807, 2.05) is 6.92 Å². The molecule has 1 aromatic heterocycles. The lowest BCUT2D eigenvalue weighted by atomic mass is 10.3. The number of rotatable bonds is 4. The normalized spacial score (nSPS) is 10.2. The van der Waals surface area contributed by atoms with Crippen LogP contribution in [0.25, 0.3) is 0 Å². The van der Waals surface area contributed by atoms with Crippen molar-refractivity contribution in [3.63, 3.8) is 0 Å². The molecule has 0 aliphatic rings. The minimum atomic E-state index is -0.416. The molecule has 3 N–H and O–H groups in total. The quantitative estimate of drug-likeness (QED) is 0.381. The van der Waals surface area contributed by atoms with Crippen molar-refractivity contribution >= 4 is 23.4 Å². The zero-order valence-corrected chi connectivity index (χ0v) is 10.8. The summed E-state index contributed by atoms with van der Waals surface area (Å²) in [7, 11) is 0. The number of nitro benzene ring substituents is 1. The Morgan fingerprint density at radius 2 is 2.16 bits per heavy atom. The Hall–Kier alpha value is -2.19.